The Bertz CT molecular complexity index is 508. The van der Waals surface area contributed by atoms with Crippen molar-refractivity contribution >= 4 is 11.8 Å². The van der Waals surface area contributed by atoms with Crippen LogP contribution in [0.4, 0.5) is 0 Å². The Labute approximate surface area is 117 Å². The Hall–Kier alpha value is -1.33. The fourth-order valence-corrected chi connectivity index (χ4v) is 3.01. The zero-order chi connectivity index (χ0) is 12.9. The Morgan fingerprint density at radius 1 is 1.26 bits per heavy atom. The maximum atomic E-state index is 5.70. The number of hydrogen-bond acceptors (Lipinski definition) is 4. The third kappa shape index (κ3) is 3.36. The number of thioether (sulfide) groups is 1. The first-order valence-corrected chi connectivity index (χ1v) is 7.62. The molecule has 2 aromatic rings. The summed E-state index contributed by atoms with van der Waals surface area (Å²) in [7, 11) is 0. The zero-order valence-electron chi connectivity index (χ0n) is 10.7. The maximum absolute atomic E-state index is 5.70. The van der Waals surface area contributed by atoms with Crippen LogP contribution in [0, 0.1) is 0 Å². The molecule has 0 radical (unpaired) electrons. The summed E-state index contributed by atoms with van der Waals surface area (Å²) in [5, 5.41) is 8.03. The number of nitrogens with zero attached hydrogens (tertiary/aromatic N) is 2. The number of rotatable bonds is 4. The quantitative estimate of drug-likeness (QED) is 0.871. The van der Waals surface area contributed by atoms with Crippen LogP contribution < -0.4 is 0 Å². The molecule has 0 spiro atoms. The number of aromatic nitrogens is 3. The van der Waals surface area contributed by atoms with E-state index in [2.05, 4.69) is 15.2 Å². The number of benzene rings is 1. The highest BCUT2D eigenvalue weighted by Crippen LogP contribution is 2.23. The summed E-state index contributed by atoms with van der Waals surface area (Å²) in [4.78, 5) is 4.51. The fourth-order valence-electron chi connectivity index (χ4n) is 2.14. The van der Waals surface area contributed by atoms with Crippen molar-refractivity contribution in [3.63, 3.8) is 0 Å². The molecule has 0 amide bonds. The van der Waals surface area contributed by atoms with Gasteiger partial charge in [-0.3, -0.25) is 5.10 Å². The van der Waals surface area contributed by atoms with Gasteiger partial charge in [-0.15, -0.1) is 5.10 Å². The summed E-state index contributed by atoms with van der Waals surface area (Å²) in [5.41, 5.74) is 1.07. The van der Waals surface area contributed by atoms with Gasteiger partial charge in [-0.1, -0.05) is 42.1 Å². The van der Waals surface area contributed by atoms with E-state index in [1.165, 1.54) is 12.8 Å². The van der Waals surface area contributed by atoms with E-state index in [-0.39, 0.29) is 0 Å². The number of H-pyrrole nitrogens is 1. The molecular weight excluding hydrogens is 258 g/mol. The topological polar surface area (TPSA) is 50.8 Å². The molecule has 3 rings (SSSR count). The van der Waals surface area contributed by atoms with E-state index in [9.17, 15) is 0 Å². The fraction of sp³-hybridized carbons (Fsp3) is 0.429. The molecule has 1 saturated heterocycles. The molecule has 0 saturated carbocycles. The SMILES string of the molecule is c1ccc(-c2nc(SC[C@@H]3CCCCO3)n[nH]2)cc1. The molecule has 1 aliphatic heterocycles. The summed E-state index contributed by atoms with van der Waals surface area (Å²) in [6.45, 7) is 0.897. The molecular formula is C14H17N3OS. The van der Waals surface area contributed by atoms with Crippen molar-refractivity contribution in [2.45, 2.75) is 30.5 Å². The van der Waals surface area contributed by atoms with Gasteiger partial charge < -0.3 is 4.74 Å². The molecule has 1 fully saturated rings. The molecule has 0 unspecified atom stereocenters. The molecule has 5 heteroatoms. The Morgan fingerprint density at radius 2 is 2.16 bits per heavy atom. The van der Waals surface area contributed by atoms with Gasteiger partial charge in [0, 0.05) is 17.9 Å². The third-order valence-electron chi connectivity index (χ3n) is 3.18. The van der Waals surface area contributed by atoms with E-state index >= 15 is 0 Å². The van der Waals surface area contributed by atoms with Crippen molar-refractivity contribution in [3.05, 3.63) is 30.3 Å². The lowest BCUT2D eigenvalue weighted by atomic mass is 10.1. The van der Waals surface area contributed by atoms with Gasteiger partial charge in [0.25, 0.3) is 0 Å². The highest BCUT2D eigenvalue weighted by atomic mass is 32.2. The van der Waals surface area contributed by atoms with Gasteiger partial charge in [0.1, 0.15) is 0 Å². The normalized spacial score (nSPS) is 19.5. The predicted molar refractivity (Wildman–Crippen MR) is 76.1 cm³/mol. The zero-order valence-corrected chi connectivity index (χ0v) is 11.5. The third-order valence-corrected chi connectivity index (χ3v) is 4.16. The van der Waals surface area contributed by atoms with Gasteiger partial charge in [-0.2, -0.15) is 0 Å². The summed E-state index contributed by atoms with van der Waals surface area (Å²) in [5.74, 6) is 1.76. The minimum Gasteiger partial charge on any atom is -0.377 e. The van der Waals surface area contributed by atoms with E-state index in [1.807, 2.05) is 30.3 Å². The molecule has 19 heavy (non-hydrogen) atoms. The second kappa shape index (κ2) is 6.21. The second-order valence-electron chi connectivity index (χ2n) is 4.63. The molecule has 1 aromatic carbocycles. The highest BCUT2D eigenvalue weighted by molar-refractivity contribution is 7.99. The van der Waals surface area contributed by atoms with Gasteiger partial charge >= 0.3 is 0 Å². The van der Waals surface area contributed by atoms with E-state index in [4.69, 9.17) is 4.74 Å². The highest BCUT2D eigenvalue weighted by Gasteiger charge is 2.15. The first-order valence-electron chi connectivity index (χ1n) is 6.64. The lowest BCUT2D eigenvalue weighted by Crippen LogP contribution is -2.21. The van der Waals surface area contributed by atoms with E-state index in [0.29, 0.717) is 6.10 Å². The number of aromatic amines is 1. The number of nitrogens with one attached hydrogen (secondary N) is 1. The summed E-state index contributed by atoms with van der Waals surface area (Å²) < 4.78 is 5.70. The van der Waals surface area contributed by atoms with E-state index in [1.54, 1.807) is 11.8 Å². The van der Waals surface area contributed by atoms with Crippen molar-refractivity contribution in [2.75, 3.05) is 12.4 Å². The largest absolute Gasteiger partial charge is 0.377 e. The minimum absolute atomic E-state index is 0.359. The van der Waals surface area contributed by atoms with Gasteiger partial charge in [0.15, 0.2) is 5.82 Å². The lowest BCUT2D eigenvalue weighted by molar-refractivity contribution is 0.0315. The van der Waals surface area contributed by atoms with Gasteiger partial charge in [-0.05, 0) is 19.3 Å². The number of hydrogen-bond donors (Lipinski definition) is 1. The first kappa shape index (κ1) is 12.7. The van der Waals surface area contributed by atoms with Crippen molar-refractivity contribution in [1.82, 2.24) is 15.2 Å². The monoisotopic (exact) mass is 275 g/mol. The summed E-state index contributed by atoms with van der Waals surface area (Å²) in [6.07, 6.45) is 3.98. The Morgan fingerprint density at radius 3 is 2.95 bits per heavy atom. The van der Waals surface area contributed by atoms with Gasteiger partial charge in [0.2, 0.25) is 5.16 Å². The average Bonchev–Trinajstić information content (AvgIpc) is 2.96. The lowest BCUT2D eigenvalue weighted by Gasteiger charge is -2.21. The minimum atomic E-state index is 0.359. The predicted octanol–water partition coefficient (Wildman–Crippen LogP) is 3.13. The first-order chi connectivity index (χ1) is 9.42. The van der Waals surface area contributed by atoms with Crippen LogP contribution in [0.1, 0.15) is 19.3 Å². The molecule has 1 aliphatic rings. The molecule has 2 heterocycles. The van der Waals surface area contributed by atoms with Crippen LogP contribution in [-0.4, -0.2) is 33.6 Å². The van der Waals surface area contributed by atoms with Crippen LogP contribution in [0.25, 0.3) is 11.4 Å². The molecule has 4 nitrogen and oxygen atoms in total. The van der Waals surface area contributed by atoms with Gasteiger partial charge in [-0.25, -0.2) is 4.98 Å². The van der Waals surface area contributed by atoms with Crippen molar-refractivity contribution in [3.8, 4) is 11.4 Å². The van der Waals surface area contributed by atoms with Crippen LogP contribution in [0.5, 0.6) is 0 Å². The molecule has 1 N–H and O–H groups in total. The van der Waals surface area contributed by atoms with Crippen LogP contribution in [-0.2, 0) is 4.74 Å². The van der Waals surface area contributed by atoms with Crippen molar-refractivity contribution in [1.29, 1.82) is 0 Å². The van der Waals surface area contributed by atoms with Crippen molar-refractivity contribution < 1.29 is 4.74 Å². The number of ether oxygens (including phenoxy) is 1. The Kier molecular flexibility index (Phi) is 4.15. The summed E-state index contributed by atoms with van der Waals surface area (Å²) >= 11 is 1.66. The summed E-state index contributed by atoms with van der Waals surface area (Å²) in [6, 6.07) is 10.1. The van der Waals surface area contributed by atoms with Crippen LogP contribution >= 0.6 is 11.8 Å². The van der Waals surface area contributed by atoms with E-state index < -0.39 is 0 Å². The van der Waals surface area contributed by atoms with Crippen LogP contribution in [0.3, 0.4) is 0 Å². The van der Waals surface area contributed by atoms with Crippen LogP contribution in [0.2, 0.25) is 0 Å². The van der Waals surface area contributed by atoms with Crippen LogP contribution in [0.15, 0.2) is 35.5 Å². The molecule has 1 atom stereocenters. The van der Waals surface area contributed by atoms with Crippen molar-refractivity contribution in [2.24, 2.45) is 0 Å². The second-order valence-corrected chi connectivity index (χ2v) is 5.62. The average molecular weight is 275 g/mol. The molecule has 1 aromatic heterocycles. The smallest absolute Gasteiger partial charge is 0.208 e. The van der Waals surface area contributed by atoms with Gasteiger partial charge in [0.05, 0.1) is 6.10 Å². The maximum Gasteiger partial charge on any atom is 0.208 e. The molecule has 100 valence electrons. The standard InChI is InChI=1S/C14H17N3OS/c1-2-6-11(7-3-1)13-15-14(17-16-13)19-10-12-8-4-5-9-18-12/h1-3,6-7,12H,4-5,8-10H2,(H,15,16,17)/t12-/m0/s1. The molecule has 0 aliphatic carbocycles. The van der Waals surface area contributed by atoms with E-state index in [0.717, 1.165) is 35.3 Å². The molecule has 0 bridgehead atoms. The Balaban J connectivity index is 1.59.